The zero-order valence-electron chi connectivity index (χ0n) is 14.8. The number of sulfone groups is 1. The first-order valence-corrected chi connectivity index (χ1v) is 9.91. The zero-order chi connectivity index (χ0) is 17.7. The minimum Gasteiger partial charge on any atom is -0.354 e. The molecule has 138 valence electrons. The molecule has 0 heterocycles. The predicted molar refractivity (Wildman–Crippen MR) is 101 cm³/mol. The van der Waals surface area contributed by atoms with Crippen LogP contribution in [0.15, 0.2) is 24.3 Å². The van der Waals surface area contributed by atoms with Crippen molar-refractivity contribution in [3.05, 3.63) is 35.4 Å². The van der Waals surface area contributed by atoms with Gasteiger partial charge in [-0.25, -0.2) is 8.42 Å². The molecule has 5 nitrogen and oxygen atoms in total. The van der Waals surface area contributed by atoms with Gasteiger partial charge in [-0.2, -0.15) is 0 Å². The summed E-state index contributed by atoms with van der Waals surface area (Å²) in [4.78, 5) is 12.0. The molecule has 0 aliphatic heterocycles. The van der Waals surface area contributed by atoms with Gasteiger partial charge in [0.2, 0.25) is 5.91 Å². The molecule has 1 aromatic rings. The monoisotopic (exact) mass is 376 g/mol. The van der Waals surface area contributed by atoms with E-state index in [1.807, 2.05) is 0 Å². The molecule has 0 saturated carbocycles. The van der Waals surface area contributed by atoms with Gasteiger partial charge in [-0.1, -0.05) is 45.0 Å². The van der Waals surface area contributed by atoms with Crippen molar-refractivity contribution in [1.29, 1.82) is 0 Å². The third kappa shape index (κ3) is 7.64. The number of carbonyl (C=O) groups is 1. The Morgan fingerprint density at radius 1 is 1.25 bits per heavy atom. The Morgan fingerprint density at radius 3 is 2.25 bits per heavy atom. The highest BCUT2D eigenvalue weighted by Gasteiger charge is 2.23. The van der Waals surface area contributed by atoms with Crippen molar-refractivity contribution in [1.82, 2.24) is 5.32 Å². The summed E-state index contributed by atoms with van der Waals surface area (Å²) in [6.07, 6.45) is 2.27. The maximum atomic E-state index is 12.0. The highest BCUT2D eigenvalue weighted by molar-refractivity contribution is 7.90. The number of rotatable bonds is 8. The summed E-state index contributed by atoms with van der Waals surface area (Å²) in [7, 11) is -3.11. The lowest BCUT2D eigenvalue weighted by Crippen LogP contribution is -2.45. The number of aryl methyl sites for hydroxylation is 1. The van der Waals surface area contributed by atoms with Crippen LogP contribution in [0.3, 0.4) is 0 Å². The van der Waals surface area contributed by atoms with Gasteiger partial charge in [0, 0.05) is 18.2 Å². The van der Waals surface area contributed by atoms with Gasteiger partial charge in [0.05, 0.1) is 11.8 Å². The minimum atomic E-state index is -3.11. The Bertz CT molecular complexity index is 628. The van der Waals surface area contributed by atoms with Gasteiger partial charge in [-0.15, -0.1) is 12.4 Å². The van der Waals surface area contributed by atoms with Crippen molar-refractivity contribution in [2.75, 3.05) is 18.6 Å². The second-order valence-corrected chi connectivity index (χ2v) is 8.94. The van der Waals surface area contributed by atoms with E-state index in [-0.39, 0.29) is 35.9 Å². The highest BCUT2D eigenvalue weighted by Crippen LogP contribution is 2.22. The lowest BCUT2D eigenvalue weighted by Gasteiger charge is -2.26. The molecule has 24 heavy (non-hydrogen) atoms. The van der Waals surface area contributed by atoms with Crippen LogP contribution < -0.4 is 11.1 Å². The van der Waals surface area contributed by atoms with E-state index >= 15 is 0 Å². The number of amides is 1. The summed E-state index contributed by atoms with van der Waals surface area (Å²) >= 11 is 0. The van der Waals surface area contributed by atoms with E-state index in [1.54, 1.807) is 0 Å². The molecule has 7 heteroatoms. The molecule has 1 aromatic carbocycles. The van der Waals surface area contributed by atoms with Crippen molar-refractivity contribution >= 4 is 28.2 Å². The second kappa shape index (κ2) is 9.39. The molecule has 1 atom stereocenters. The summed E-state index contributed by atoms with van der Waals surface area (Å²) in [5.41, 5.74) is 7.94. The SMILES string of the molecule is CCc1ccc(C(C)(C)CNC(=O)C(N)CCS(C)(=O)=O)cc1.Cl. The van der Waals surface area contributed by atoms with Gasteiger partial charge < -0.3 is 11.1 Å². The van der Waals surface area contributed by atoms with E-state index < -0.39 is 15.9 Å². The zero-order valence-corrected chi connectivity index (χ0v) is 16.5. The molecular weight excluding hydrogens is 348 g/mol. The molecule has 0 aliphatic carbocycles. The number of hydrogen-bond acceptors (Lipinski definition) is 4. The van der Waals surface area contributed by atoms with E-state index in [0.29, 0.717) is 6.54 Å². The largest absolute Gasteiger partial charge is 0.354 e. The van der Waals surface area contributed by atoms with Gasteiger partial charge in [0.1, 0.15) is 9.84 Å². The molecule has 3 N–H and O–H groups in total. The molecular formula is C17H29ClN2O3S. The van der Waals surface area contributed by atoms with Crippen LogP contribution in [0.25, 0.3) is 0 Å². The fraction of sp³-hybridized carbons (Fsp3) is 0.588. The molecule has 0 radical (unpaired) electrons. The van der Waals surface area contributed by atoms with Crippen LogP contribution in [0.2, 0.25) is 0 Å². The molecule has 1 amide bonds. The van der Waals surface area contributed by atoms with E-state index in [2.05, 4.69) is 50.4 Å². The first-order chi connectivity index (χ1) is 10.5. The maximum Gasteiger partial charge on any atom is 0.236 e. The molecule has 0 saturated heterocycles. The molecule has 1 unspecified atom stereocenters. The number of benzene rings is 1. The van der Waals surface area contributed by atoms with Gasteiger partial charge in [0.15, 0.2) is 0 Å². The standard InChI is InChI=1S/C17H28N2O3S.ClH/c1-5-13-6-8-14(9-7-13)17(2,3)12-19-16(20)15(18)10-11-23(4,21)22;/h6-9,15H,5,10-12,18H2,1-4H3,(H,19,20);1H. The number of nitrogens with one attached hydrogen (secondary N) is 1. The van der Waals surface area contributed by atoms with Crippen molar-refractivity contribution < 1.29 is 13.2 Å². The lowest BCUT2D eigenvalue weighted by atomic mass is 9.84. The quantitative estimate of drug-likeness (QED) is 0.724. The molecule has 1 rings (SSSR count). The summed E-state index contributed by atoms with van der Waals surface area (Å²) in [5, 5.41) is 2.83. The van der Waals surface area contributed by atoms with E-state index in [1.165, 1.54) is 5.56 Å². The summed E-state index contributed by atoms with van der Waals surface area (Å²) in [6.45, 7) is 6.66. The van der Waals surface area contributed by atoms with Crippen molar-refractivity contribution in [2.24, 2.45) is 5.73 Å². The Hall–Kier alpha value is -1.11. The maximum absolute atomic E-state index is 12.0. The Kier molecular flexibility index (Phi) is 8.96. The average molecular weight is 377 g/mol. The third-order valence-electron chi connectivity index (χ3n) is 3.98. The Labute approximate surface area is 151 Å². The van der Waals surface area contributed by atoms with Gasteiger partial charge in [-0.3, -0.25) is 4.79 Å². The smallest absolute Gasteiger partial charge is 0.236 e. The number of halogens is 1. The van der Waals surface area contributed by atoms with Crippen molar-refractivity contribution in [3.8, 4) is 0 Å². The topological polar surface area (TPSA) is 89.3 Å². The normalized spacial score (nSPS) is 13.0. The molecule has 0 aromatic heterocycles. The number of nitrogens with two attached hydrogens (primary N) is 1. The van der Waals surface area contributed by atoms with Gasteiger partial charge in [-0.05, 0) is 24.0 Å². The van der Waals surface area contributed by atoms with E-state index in [4.69, 9.17) is 5.73 Å². The Morgan fingerprint density at radius 2 is 1.79 bits per heavy atom. The van der Waals surface area contributed by atoms with Crippen LogP contribution in [0.4, 0.5) is 0 Å². The number of hydrogen-bond donors (Lipinski definition) is 2. The molecule has 0 fully saturated rings. The summed E-state index contributed by atoms with van der Waals surface area (Å²) < 4.78 is 22.3. The number of carbonyl (C=O) groups excluding carboxylic acids is 1. The highest BCUT2D eigenvalue weighted by atomic mass is 35.5. The van der Waals surface area contributed by atoms with Crippen LogP contribution in [0, 0.1) is 0 Å². The minimum absolute atomic E-state index is 0. The Balaban J connectivity index is 0.00000529. The van der Waals surface area contributed by atoms with Crippen molar-refractivity contribution in [2.45, 2.75) is 45.1 Å². The third-order valence-corrected chi connectivity index (χ3v) is 4.96. The van der Waals surface area contributed by atoms with Crippen LogP contribution in [-0.4, -0.2) is 38.9 Å². The summed E-state index contributed by atoms with van der Waals surface area (Å²) in [6, 6.07) is 7.54. The van der Waals surface area contributed by atoms with Crippen LogP contribution >= 0.6 is 12.4 Å². The van der Waals surface area contributed by atoms with Crippen molar-refractivity contribution in [3.63, 3.8) is 0 Å². The molecule has 0 spiro atoms. The fourth-order valence-electron chi connectivity index (χ4n) is 2.21. The average Bonchev–Trinajstić information content (AvgIpc) is 2.49. The van der Waals surface area contributed by atoms with E-state index in [9.17, 15) is 13.2 Å². The van der Waals surface area contributed by atoms with Gasteiger partial charge in [0.25, 0.3) is 0 Å². The molecule has 0 aliphatic rings. The second-order valence-electron chi connectivity index (χ2n) is 6.68. The first-order valence-electron chi connectivity index (χ1n) is 7.85. The molecule has 0 bridgehead atoms. The van der Waals surface area contributed by atoms with Crippen LogP contribution in [0.5, 0.6) is 0 Å². The summed E-state index contributed by atoms with van der Waals surface area (Å²) in [5.74, 6) is -0.393. The predicted octanol–water partition coefficient (Wildman–Crippen LogP) is 1.83. The lowest BCUT2D eigenvalue weighted by molar-refractivity contribution is -0.122. The van der Waals surface area contributed by atoms with Crippen LogP contribution in [-0.2, 0) is 26.5 Å². The fourth-order valence-corrected chi connectivity index (χ4v) is 2.89. The van der Waals surface area contributed by atoms with Crippen LogP contribution in [0.1, 0.15) is 38.3 Å². The van der Waals surface area contributed by atoms with E-state index in [0.717, 1.165) is 18.2 Å². The first kappa shape index (κ1) is 22.9. The van der Waals surface area contributed by atoms with Gasteiger partial charge >= 0.3 is 0 Å².